The van der Waals surface area contributed by atoms with Crippen LogP contribution in [0.3, 0.4) is 0 Å². The van der Waals surface area contributed by atoms with Crippen molar-refractivity contribution in [3.63, 3.8) is 0 Å². The third-order valence-electron chi connectivity index (χ3n) is 2.84. The number of carbonyl (C=O) groups is 1. The Hall–Kier alpha value is -1.42. The molecule has 1 amide bonds. The van der Waals surface area contributed by atoms with E-state index in [0.29, 0.717) is 20.8 Å². The first-order chi connectivity index (χ1) is 9.95. The number of hydrogen-bond donors (Lipinski definition) is 2. The molecule has 0 aliphatic carbocycles. The number of nitrogens with one attached hydrogen (secondary N) is 2. The van der Waals surface area contributed by atoms with Gasteiger partial charge in [0.25, 0.3) is 0 Å². The van der Waals surface area contributed by atoms with Gasteiger partial charge in [-0.2, -0.15) is 0 Å². The van der Waals surface area contributed by atoms with E-state index in [0.717, 1.165) is 11.3 Å². The second-order valence-electron chi connectivity index (χ2n) is 4.49. The van der Waals surface area contributed by atoms with Crippen molar-refractivity contribution in [3.8, 4) is 0 Å². The van der Waals surface area contributed by atoms with Crippen molar-refractivity contribution >= 4 is 52.1 Å². The molecule has 21 heavy (non-hydrogen) atoms. The quantitative estimate of drug-likeness (QED) is 0.819. The summed E-state index contributed by atoms with van der Waals surface area (Å²) in [5.74, 6) is -0.210. The first kappa shape index (κ1) is 16.0. The normalized spacial score (nSPS) is 10.3. The summed E-state index contributed by atoms with van der Waals surface area (Å²) in [6, 6.07) is 10.4. The SMILES string of the molecule is Cc1ccc(Cl)cc1NCC(=O)Nc1ccc(Cl)cc1Cl. The lowest BCUT2D eigenvalue weighted by molar-refractivity contribution is -0.114. The van der Waals surface area contributed by atoms with Crippen molar-refractivity contribution < 1.29 is 4.79 Å². The average molecular weight is 344 g/mol. The molecular formula is C15H13Cl3N2O. The Morgan fingerprint density at radius 1 is 1.00 bits per heavy atom. The zero-order valence-corrected chi connectivity index (χ0v) is 13.5. The molecule has 6 heteroatoms. The summed E-state index contributed by atoms with van der Waals surface area (Å²) in [7, 11) is 0. The third kappa shape index (κ3) is 4.53. The molecule has 0 aliphatic rings. The van der Waals surface area contributed by atoms with Crippen LogP contribution < -0.4 is 10.6 Å². The van der Waals surface area contributed by atoms with Crippen LogP contribution in [0.15, 0.2) is 36.4 Å². The van der Waals surface area contributed by atoms with Crippen molar-refractivity contribution in [1.29, 1.82) is 0 Å². The lowest BCUT2D eigenvalue weighted by Gasteiger charge is -2.11. The fraction of sp³-hybridized carbons (Fsp3) is 0.133. The van der Waals surface area contributed by atoms with Gasteiger partial charge in [-0.15, -0.1) is 0 Å². The van der Waals surface area contributed by atoms with Crippen molar-refractivity contribution in [2.75, 3.05) is 17.2 Å². The minimum absolute atomic E-state index is 0.111. The smallest absolute Gasteiger partial charge is 0.243 e. The Morgan fingerprint density at radius 3 is 2.38 bits per heavy atom. The largest absolute Gasteiger partial charge is 0.376 e. The molecule has 0 atom stereocenters. The van der Waals surface area contributed by atoms with Crippen molar-refractivity contribution in [2.24, 2.45) is 0 Å². The van der Waals surface area contributed by atoms with E-state index in [4.69, 9.17) is 34.8 Å². The molecule has 0 bridgehead atoms. The van der Waals surface area contributed by atoms with E-state index >= 15 is 0 Å². The molecular weight excluding hydrogens is 331 g/mol. The molecule has 2 aromatic rings. The van der Waals surface area contributed by atoms with Crippen LogP contribution in [0, 0.1) is 6.92 Å². The van der Waals surface area contributed by atoms with Crippen LogP contribution in [-0.4, -0.2) is 12.5 Å². The maximum atomic E-state index is 11.9. The summed E-state index contributed by atoms with van der Waals surface area (Å²) in [5, 5.41) is 7.29. The summed E-state index contributed by atoms with van der Waals surface area (Å²) in [6.45, 7) is 2.05. The zero-order valence-electron chi connectivity index (χ0n) is 11.2. The van der Waals surface area contributed by atoms with Gasteiger partial charge in [-0.1, -0.05) is 40.9 Å². The van der Waals surface area contributed by atoms with Crippen LogP contribution in [0.25, 0.3) is 0 Å². The lowest BCUT2D eigenvalue weighted by Crippen LogP contribution is -2.22. The fourth-order valence-electron chi connectivity index (χ4n) is 1.75. The molecule has 0 spiro atoms. The number of amides is 1. The van der Waals surface area contributed by atoms with E-state index in [1.54, 1.807) is 30.3 Å². The van der Waals surface area contributed by atoms with Crippen molar-refractivity contribution in [2.45, 2.75) is 6.92 Å². The van der Waals surface area contributed by atoms with E-state index in [2.05, 4.69) is 10.6 Å². The summed E-state index contributed by atoms with van der Waals surface area (Å²) in [4.78, 5) is 11.9. The van der Waals surface area contributed by atoms with E-state index in [9.17, 15) is 4.79 Å². The molecule has 2 rings (SSSR count). The van der Waals surface area contributed by atoms with Gasteiger partial charge in [0.2, 0.25) is 5.91 Å². The number of carbonyl (C=O) groups excluding carboxylic acids is 1. The molecule has 3 nitrogen and oxygen atoms in total. The molecule has 0 saturated carbocycles. The molecule has 0 unspecified atom stereocenters. The fourth-order valence-corrected chi connectivity index (χ4v) is 2.37. The summed E-state index contributed by atoms with van der Waals surface area (Å²) < 4.78 is 0. The summed E-state index contributed by atoms with van der Waals surface area (Å²) in [6.07, 6.45) is 0. The van der Waals surface area contributed by atoms with Gasteiger partial charge in [0.15, 0.2) is 0 Å². The monoisotopic (exact) mass is 342 g/mol. The Kier molecular flexibility index (Phi) is 5.34. The highest BCUT2D eigenvalue weighted by Crippen LogP contribution is 2.25. The average Bonchev–Trinajstić information content (AvgIpc) is 2.43. The van der Waals surface area contributed by atoms with Gasteiger partial charge < -0.3 is 10.6 Å². The standard InChI is InChI=1S/C15H13Cl3N2O/c1-9-2-3-11(17)7-14(9)19-8-15(21)20-13-5-4-10(16)6-12(13)18/h2-7,19H,8H2,1H3,(H,20,21). The summed E-state index contributed by atoms with van der Waals surface area (Å²) in [5.41, 5.74) is 2.35. The van der Waals surface area contributed by atoms with Gasteiger partial charge in [0, 0.05) is 15.7 Å². The summed E-state index contributed by atoms with van der Waals surface area (Å²) >= 11 is 17.7. The lowest BCUT2D eigenvalue weighted by atomic mass is 10.2. The number of benzene rings is 2. The third-order valence-corrected chi connectivity index (χ3v) is 3.63. The molecule has 110 valence electrons. The Morgan fingerprint density at radius 2 is 1.67 bits per heavy atom. The molecule has 2 N–H and O–H groups in total. The zero-order chi connectivity index (χ0) is 15.4. The highest BCUT2D eigenvalue weighted by Gasteiger charge is 2.07. The second kappa shape index (κ2) is 7.03. The Balaban J connectivity index is 1.97. The van der Waals surface area contributed by atoms with E-state index in [-0.39, 0.29) is 12.5 Å². The molecule has 0 heterocycles. The molecule has 2 aromatic carbocycles. The topological polar surface area (TPSA) is 41.1 Å². The van der Waals surface area contributed by atoms with Crippen molar-refractivity contribution in [3.05, 3.63) is 57.0 Å². The number of anilines is 2. The minimum atomic E-state index is -0.210. The van der Waals surface area contributed by atoms with Crippen LogP contribution in [0.2, 0.25) is 15.1 Å². The first-order valence-electron chi connectivity index (χ1n) is 6.20. The number of aryl methyl sites for hydroxylation is 1. The van der Waals surface area contributed by atoms with Gasteiger partial charge in [0.1, 0.15) is 0 Å². The number of hydrogen-bond acceptors (Lipinski definition) is 2. The van der Waals surface area contributed by atoms with Gasteiger partial charge in [0.05, 0.1) is 17.3 Å². The van der Waals surface area contributed by atoms with Gasteiger partial charge >= 0.3 is 0 Å². The Bertz CT molecular complexity index is 674. The van der Waals surface area contributed by atoms with Crippen LogP contribution >= 0.6 is 34.8 Å². The maximum absolute atomic E-state index is 11.9. The van der Waals surface area contributed by atoms with E-state index in [1.165, 1.54) is 0 Å². The van der Waals surface area contributed by atoms with Gasteiger partial charge in [-0.25, -0.2) is 0 Å². The highest BCUT2D eigenvalue weighted by molar-refractivity contribution is 6.36. The van der Waals surface area contributed by atoms with Crippen LogP contribution in [0.4, 0.5) is 11.4 Å². The first-order valence-corrected chi connectivity index (χ1v) is 7.34. The predicted octanol–water partition coefficient (Wildman–Crippen LogP) is 5.01. The van der Waals surface area contributed by atoms with Gasteiger partial charge in [-0.3, -0.25) is 4.79 Å². The number of halogens is 3. The van der Waals surface area contributed by atoms with E-state index in [1.807, 2.05) is 13.0 Å². The maximum Gasteiger partial charge on any atom is 0.243 e. The molecule has 0 aromatic heterocycles. The molecule has 0 fully saturated rings. The van der Waals surface area contributed by atoms with Crippen molar-refractivity contribution in [1.82, 2.24) is 0 Å². The van der Waals surface area contributed by atoms with Crippen LogP contribution in [0.5, 0.6) is 0 Å². The molecule has 0 radical (unpaired) electrons. The Labute approximate surface area is 138 Å². The minimum Gasteiger partial charge on any atom is -0.376 e. The van der Waals surface area contributed by atoms with Crippen LogP contribution in [-0.2, 0) is 4.79 Å². The van der Waals surface area contributed by atoms with Crippen LogP contribution in [0.1, 0.15) is 5.56 Å². The highest BCUT2D eigenvalue weighted by atomic mass is 35.5. The number of rotatable bonds is 4. The second-order valence-corrected chi connectivity index (χ2v) is 5.77. The molecule has 0 aliphatic heterocycles. The van der Waals surface area contributed by atoms with Gasteiger partial charge in [-0.05, 0) is 42.8 Å². The predicted molar refractivity (Wildman–Crippen MR) is 89.8 cm³/mol. The molecule has 0 saturated heterocycles. The van der Waals surface area contributed by atoms with E-state index < -0.39 is 0 Å².